The van der Waals surface area contributed by atoms with Gasteiger partial charge in [-0.1, -0.05) is 53.7 Å². The van der Waals surface area contributed by atoms with Gasteiger partial charge in [0.15, 0.2) is 0 Å². The SMILES string of the molecule is CCCOc1ccc(C(CC)CC2OC2CC)cc1C(C)(C)C. The van der Waals surface area contributed by atoms with Crippen molar-refractivity contribution in [3.63, 3.8) is 0 Å². The summed E-state index contributed by atoms with van der Waals surface area (Å²) in [5.74, 6) is 1.63. The van der Waals surface area contributed by atoms with Crippen LogP contribution >= 0.6 is 0 Å². The van der Waals surface area contributed by atoms with Gasteiger partial charge >= 0.3 is 0 Å². The van der Waals surface area contributed by atoms with E-state index in [0.29, 0.717) is 18.1 Å². The van der Waals surface area contributed by atoms with Crippen LogP contribution in [0.3, 0.4) is 0 Å². The Balaban J connectivity index is 2.20. The third-order valence-electron chi connectivity index (χ3n) is 4.84. The molecule has 1 aromatic carbocycles. The van der Waals surface area contributed by atoms with Crippen molar-refractivity contribution in [2.24, 2.45) is 0 Å². The smallest absolute Gasteiger partial charge is 0.123 e. The molecule has 1 fully saturated rings. The lowest BCUT2D eigenvalue weighted by atomic mass is 9.82. The molecule has 2 nitrogen and oxygen atoms in total. The van der Waals surface area contributed by atoms with E-state index in [0.717, 1.165) is 38.0 Å². The van der Waals surface area contributed by atoms with E-state index >= 15 is 0 Å². The maximum atomic E-state index is 5.98. The van der Waals surface area contributed by atoms with E-state index in [1.807, 2.05) is 0 Å². The van der Waals surface area contributed by atoms with E-state index in [4.69, 9.17) is 9.47 Å². The molecule has 0 radical (unpaired) electrons. The Morgan fingerprint density at radius 1 is 1.13 bits per heavy atom. The van der Waals surface area contributed by atoms with Gasteiger partial charge in [0, 0.05) is 0 Å². The molecule has 23 heavy (non-hydrogen) atoms. The fourth-order valence-electron chi connectivity index (χ4n) is 3.29. The third kappa shape index (κ3) is 4.73. The molecule has 2 heteroatoms. The quantitative estimate of drug-likeness (QED) is 0.562. The van der Waals surface area contributed by atoms with Crippen LogP contribution in [-0.2, 0) is 10.2 Å². The van der Waals surface area contributed by atoms with Gasteiger partial charge in [-0.2, -0.15) is 0 Å². The average molecular weight is 319 g/mol. The van der Waals surface area contributed by atoms with Crippen molar-refractivity contribution in [1.82, 2.24) is 0 Å². The fourth-order valence-corrected chi connectivity index (χ4v) is 3.29. The normalized spacial score (nSPS) is 22.0. The molecule has 130 valence electrons. The summed E-state index contributed by atoms with van der Waals surface area (Å²) in [6, 6.07) is 6.82. The van der Waals surface area contributed by atoms with Crippen molar-refractivity contribution in [2.45, 2.75) is 90.8 Å². The van der Waals surface area contributed by atoms with Crippen molar-refractivity contribution in [3.05, 3.63) is 29.3 Å². The van der Waals surface area contributed by atoms with Gasteiger partial charge in [0.2, 0.25) is 0 Å². The molecule has 1 heterocycles. The summed E-state index contributed by atoms with van der Waals surface area (Å²) in [6.45, 7) is 14.2. The summed E-state index contributed by atoms with van der Waals surface area (Å²) in [7, 11) is 0. The Bertz CT molecular complexity index is 501. The number of hydrogen-bond acceptors (Lipinski definition) is 2. The van der Waals surface area contributed by atoms with Gasteiger partial charge in [-0.3, -0.25) is 0 Å². The second kappa shape index (κ2) is 7.70. The fraction of sp³-hybridized carbons (Fsp3) is 0.714. The van der Waals surface area contributed by atoms with Gasteiger partial charge in [0.25, 0.3) is 0 Å². The van der Waals surface area contributed by atoms with E-state index < -0.39 is 0 Å². The van der Waals surface area contributed by atoms with E-state index in [1.165, 1.54) is 11.1 Å². The highest BCUT2D eigenvalue weighted by Gasteiger charge is 2.38. The Labute approximate surface area is 142 Å². The van der Waals surface area contributed by atoms with E-state index in [-0.39, 0.29) is 5.41 Å². The first-order chi connectivity index (χ1) is 10.9. The monoisotopic (exact) mass is 318 g/mol. The molecule has 2 rings (SSSR count). The summed E-state index contributed by atoms with van der Waals surface area (Å²) in [5.41, 5.74) is 2.86. The van der Waals surface area contributed by atoms with Crippen LogP contribution in [0.1, 0.15) is 84.3 Å². The Morgan fingerprint density at radius 2 is 1.87 bits per heavy atom. The molecule has 0 aromatic heterocycles. The zero-order chi connectivity index (χ0) is 17.0. The number of ether oxygens (including phenoxy) is 2. The minimum atomic E-state index is 0.0966. The molecule has 0 bridgehead atoms. The zero-order valence-corrected chi connectivity index (χ0v) is 15.8. The van der Waals surface area contributed by atoms with Crippen LogP contribution in [0.4, 0.5) is 0 Å². The predicted octanol–water partition coefficient (Wildman–Crippen LogP) is 5.83. The first kappa shape index (κ1) is 18.3. The van der Waals surface area contributed by atoms with Crippen LogP contribution in [0.25, 0.3) is 0 Å². The molecule has 1 aliphatic heterocycles. The lowest BCUT2D eigenvalue weighted by Gasteiger charge is -2.25. The molecule has 0 spiro atoms. The standard InChI is InChI=1S/C21H34O2/c1-7-12-22-19-11-10-16(13-17(19)21(4,5)6)15(8-2)14-20-18(9-3)23-20/h10-11,13,15,18,20H,7-9,12,14H2,1-6H3. The highest BCUT2D eigenvalue weighted by atomic mass is 16.6. The molecule has 0 N–H and O–H groups in total. The number of benzene rings is 1. The molecule has 0 saturated carbocycles. The van der Waals surface area contributed by atoms with Crippen LogP contribution in [0.2, 0.25) is 0 Å². The maximum absolute atomic E-state index is 5.98. The second-order valence-corrected chi connectivity index (χ2v) is 7.82. The number of epoxide rings is 1. The predicted molar refractivity (Wildman–Crippen MR) is 97.5 cm³/mol. The van der Waals surface area contributed by atoms with Crippen LogP contribution in [0.5, 0.6) is 5.75 Å². The molecule has 0 amide bonds. The van der Waals surface area contributed by atoms with Crippen molar-refractivity contribution in [2.75, 3.05) is 6.61 Å². The summed E-state index contributed by atoms with van der Waals surface area (Å²) < 4.78 is 11.8. The molecule has 1 aliphatic rings. The lowest BCUT2D eigenvalue weighted by molar-refractivity contribution is 0.308. The van der Waals surface area contributed by atoms with Gasteiger partial charge < -0.3 is 9.47 Å². The van der Waals surface area contributed by atoms with Gasteiger partial charge in [-0.05, 0) is 54.2 Å². The van der Waals surface area contributed by atoms with E-state index in [2.05, 4.69) is 59.7 Å². The largest absolute Gasteiger partial charge is 0.493 e. The van der Waals surface area contributed by atoms with Crippen molar-refractivity contribution in [1.29, 1.82) is 0 Å². The Hall–Kier alpha value is -1.02. The topological polar surface area (TPSA) is 21.8 Å². The first-order valence-electron chi connectivity index (χ1n) is 9.33. The van der Waals surface area contributed by atoms with Gasteiger partial charge in [0.05, 0.1) is 18.8 Å². The lowest BCUT2D eigenvalue weighted by Crippen LogP contribution is -2.15. The van der Waals surface area contributed by atoms with Crippen LogP contribution in [-0.4, -0.2) is 18.8 Å². The Kier molecular flexibility index (Phi) is 6.13. The summed E-state index contributed by atoms with van der Waals surface area (Å²) in [6.07, 6.45) is 5.46. The highest BCUT2D eigenvalue weighted by Crippen LogP contribution is 2.39. The van der Waals surface area contributed by atoms with Crippen molar-refractivity contribution in [3.8, 4) is 5.75 Å². The zero-order valence-electron chi connectivity index (χ0n) is 15.8. The molecule has 3 atom stereocenters. The van der Waals surface area contributed by atoms with Crippen molar-refractivity contribution >= 4 is 0 Å². The van der Waals surface area contributed by atoms with E-state index in [1.54, 1.807) is 0 Å². The molecule has 0 aliphatic carbocycles. The highest BCUT2D eigenvalue weighted by molar-refractivity contribution is 5.42. The average Bonchev–Trinajstić information content (AvgIpc) is 3.28. The van der Waals surface area contributed by atoms with Crippen LogP contribution in [0, 0.1) is 0 Å². The van der Waals surface area contributed by atoms with Crippen LogP contribution in [0.15, 0.2) is 18.2 Å². The second-order valence-electron chi connectivity index (χ2n) is 7.82. The minimum Gasteiger partial charge on any atom is -0.493 e. The summed E-state index contributed by atoms with van der Waals surface area (Å²) >= 11 is 0. The van der Waals surface area contributed by atoms with Gasteiger partial charge in [0.1, 0.15) is 5.75 Å². The minimum absolute atomic E-state index is 0.0966. The van der Waals surface area contributed by atoms with Gasteiger partial charge in [-0.25, -0.2) is 0 Å². The molecular weight excluding hydrogens is 284 g/mol. The van der Waals surface area contributed by atoms with Gasteiger partial charge in [-0.15, -0.1) is 0 Å². The van der Waals surface area contributed by atoms with E-state index in [9.17, 15) is 0 Å². The van der Waals surface area contributed by atoms with Crippen molar-refractivity contribution < 1.29 is 9.47 Å². The molecule has 1 saturated heterocycles. The van der Waals surface area contributed by atoms with Crippen LogP contribution < -0.4 is 4.74 Å². The first-order valence-corrected chi connectivity index (χ1v) is 9.33. The Morgan fingerprint density at radius 3 is 2.39 bits per heavy atom. The summed E-state index contributed by atoms with van der Waals surface area (Å²) in [5, 5.41) is 0. The molecule has 3 unspecified atom stereocenters. The molecule has 1 aromatic rings. The number of hydrogen-bond donors (Lipinski definition) is 0. The maximum Gasteiger partial charge on any atom is 0.123 e. The number of rotatable bonds is 8. The third-order valence-corrected chi connectivity index (χ3v) is 4.84. The molecular formula is C21H34O2. The summed E-state index contributed by atoms with van der Waals surface area (Å²) in [4.78, 5) is 0.